The standard InChI is InChI=1S/C15H16BrN5O4/c1-3-25-15(22)20(8-10-5-4-9(2)18-7-10)11-6-12(16)19-14(17)13(11)21(23)24/h4-7H,3,8H2,1-2H3,(H2,17,19). The first-order chi connectivity index (χ1) is 11.8. The highest BCUT2D eigenvalue weighted by atomic mass is 79.9. The van der Waals surface area contributed by atoms with Crippen LogP contribution in [0.25, 0.3) is 0 Å². The number of nitro groups is 1. The molecule has 0 aliphatic carbocycles. The largest absolute Gasteiger partial charge is 0.449 e. The molecule has 0 unspecified atom stereocenters. The number of ether oxygens (including phenoxy) is 1. The minimum Gasteiger partial charge on any atom is -0.449 e. The van der Waals surface area contributed by atoms with Crippen molar-refractivity contribution in [1.82, 2.24) is 9.97 Å². The Bertz CT molecular complexity index is 797. The van der Waals surface area contributed by atoms with E-state index in [4.69, 9.17) is 10.5 Å². The van der Waals surface area contributed by atoms with Gasteiger partial charge in [0, 0.05) is 18.0 Å². The highest BCUT2D eigenvalue weighted by Crippen LogP contribution is 2.36. The van der Waals surface area contributed by atoms with Crippen molar-refractivity contribution in [3.63, 3.8) is 0 Å². The van der Waals surface area contributed by atoms with Crippen LogP contribution in [0.5, 0.6) is 0 Å². The maximum absolute atomic E-state index is 12.4. The van der Waals surface area contributed by atoms with Gasteiger partial charge in [-0.1, -0.05) is 6.07 Å². The first kappa shape index (κ1) is 18.6. The van der Waals surface area contributed by atoms with Gasteiger partial charge in [-0.2, -0.15) is 0 Å². The number of hydrogen-bond acceptors (Lipinski definition) is 7. The Morgan fingerprint density at radius 1 is 1.48 bits per heavy atom. The predicted molar refractivity (Wildman–Crippen MR) is 95.2 cm³/mol. The van der Waals surface area contributed by atoms with Gasteiger partial charge in [-0.3, -0.25) is 20.0 Å². The number of rotatable bonds is 5. The fraction of sp³-hybridized carbons (Fsp3) is 0.267. The van der Waals surface area contributed by atoms with Gasteiger partial charge in [0.1, 0.15) is 10.3 Å². The molecule has 1 amide bonds. The maximum Gasteiger partial charge on any atom is 0.414 e. The van der Waals surface area contributed by atoms with Gasteiger partial charge in [0.2, 0.25) is 5.82 Å². The summed E-state index contributed by atoms with van der Waals surface area (Å²) < 4.78 is 5.30. The van der Waals surface area contributed by atoms with E-state index >= 15 is 0 Å². The molecule has 132 valence electrons. The molecule has 2 heterocycles. The van der Waals surface area contributed by atoms with Gasteiger partial charge < -0.3 is 10.5 Å². The highest BCUT2D eigenvalue weighted by Gasteiger charge is 2.29. The minimum absolute atomic E-state index is 0.0107. The number of halogens is 1. The SMILES string of the molecule is CCOC(=O)N(Cc1ccc(C)nc1)c1cc(Br)nc(N)c1[N+](=O)[O-]. The van der Waals surface area contributed by atoms with Crippen LogP contribution in [0, 0.1) is 17.0 Å². The van der Waals surface area contributed by atoms with Crippen LogP contribution in [0.1, 0.15) is 18.2 Å². The number of aryl methyl sites for hydroxylation is 1. The molecule has 2 rings (SSSR count). The molecular formula is C15H16BrN5O4. The van der Waals surface area contributed by atoms with Crippen LogP contribution in [0.15, 0.2) is 29.0 Å². The second kappa shape index (κ2) is 7.88. The quantitative estimate of drug-likeness (QED) is 0.456. The Morgan fingerprint density at radius 3 is 2.76 bits per heavy atom. The lowest BCUT2D eigenvalue weighted by Crippen LogP contribution is -2.32. The molecule has 9 nitrogen and oxygen atoms in total. The average molecular weight is 410 g/mol. The molecule has 0 radical (unpaired) electrons. The molecule has 25 heavy (non-hydrogen) atoms. The van der Waals surface area contributed by atoms with Gasteiger partial charge in [0.25, 0.3) is 0 Å². The van der Waals surface area contributed by atoms with E-state index in [9.17, 15) is 14.9 Å². The number of carbonyl (C=O) groups excluding carboxylic acids is 1. The van der Waals surface area contributed by atoms with E-state index in [2.05, 4.69) is 25.9 Å². The van der Waals surface area contributed by atoms with Gasteiger partial charge in [0.15, 0.2) is 0 Å². The molecule has 0 atom stereocenters. The van der Waals surface area contributed by atoms with E-state index in [-0.39, 0.29) is 29.3 Å². The molecule has 0 spiro atoms. The summed E-state index contributed by atoms with van der Waals surface area (Å²) in [5.41, 5.74) is 6.70. The van der Waals surface area contributed by atoms with Crippen molar-refractivity contribution >= 4 is 39.2 Å². The fourth-order valence-corrected chi connectivity index (χ4v) is 2.54. The van der Waals surface area contributed by atoms with Crippen molar-refractivity contribution in [2.75, 3.05) is 17.2 Å². The third kappa shape index (κ3) is 4.41. The van der Waals surface area contributed by atoms with Gasteiger partial charge in [-0.15, -0.1) is 0 Å². The Morgan fingerprint density at radius 2 is 2.20 bits per heavy atom. The lowest BCUT2D eigenvalue weighted by molar-refractivity contribution is -0.383. The molecule has 0 saturated heterocycles. The molecule has 0 aliphatic heterocycles. The average Bonchev–Trinajstić information content (AvgIpc) is 2.53. The third-order valence-corrected chi connectivity index (χ3v) is 3.65. The molecule has 0 bridgehead atoms. The van der Waals surface area contributed by atoms with E-state index in [0.717, 1.165) is 10.6 Å². The van der Waals surface area contributed by atoms with E-state index in [1.165, 1.54) is 6.07 Å². The van der Waals surface area contributed by atoms with Crippen LogP contribution in [0.4, 0.5) is 22.0 Å². The number of nitrogens with zero attached hydrogens (tertiary/aromatic N) is 4. The van der Waals surface area contributed by atoms with Crippen molar-refractivity contribution in [3.05, 3.63) is 50.4 Å². The van der Waals surface area contributed by atoms with Crippen molar-refractivity contribution in [2.24, 2.45) is 0 Å². The zero-order chi connectivity index (χ0) is 18.6. The van der Waals surface area contributed by atoms with Crippen LogP contribution in [-0.4, -0.2) is 27.6 Å². The van der Waals surface area contributed by atoms with E-state index < -0.39 is 16.7 Å². The topological polar surface area (TPSA) is 124 Å². The van der Waals surface area contributed by atoms with Crippen LogP contribution in [0.2, 0.25) is 0 Å². The summed E-state index contributed by atoms with van der Waals surface area (Å²) in [4.78, 5) is 32.3. The molecule has 0 saturated carbocycles. The number of amides is 1. The van der Waals surface area contributed by atoms with E-state index in [0.29, 0.717) is 5.56 Å². The Hall–Kier alpha value is -2.75. The van der Waals surface area contributed by atoms with Crippen molar-refractivity contribution in [1.29, 1.82) is 0 Å². The number of nitrogen functional groups attached to an aromatic ring is 1. The zero-order valence-corrected chi connectivity index (χ0v) is 15.2. The first-order valence-electron chi connectivity index (χ1n) is 7.29. The lowest BCUT2D eigenvalue weighted by atomic mass is 10.2. The molecule has 0 aliphatic rings. The number of carbonyl (C=O) groups is 1. The summed E-state index contributed by atoms with van der Waals surface area (Å²) in [6, 6.07) is 4.91. The van der Waals surface area contributed by atoms with Gasteiger partial charge in [-0.25, -0.2) is 9.78 Å². The Balaban J connectivity index is 2.54. The fourth-order valence-electron chi connectivity index (χ4n) is 2.13. The van der Waals surface area contributed by atoms with E-state index in [1.54, 1.807) is 25.3 Å². The van der Waals surface area contributed by atoms with Crippen LogP contribution >= 0.6 is 15.9 Å². The van der Waals surface area contributed by atoms with Crippen LogP contribution in [-0.2, 0) is 11.3 Å². The monoisotopic (exact) mass is 409 g/mol. The maximum atomic E-state index is 12.4. The van der Waals surface area contributed by atoms with Crippen LogP contribution in [0.3, 0.4) is 0 Å². The smallest absolute Gasteiger partial charge is 0.414 e. The minimum atomic E-state index is -0.733. The lowest BCUT2D eigenvalue weighted by Gasteiger charge is -2.22. The summed E-state index contributed by atoms with van der Waals surface area (Å²) in [6.45, 7) is 3.63. The molecule has 2 aromatic heterocycles. The molecule has 0 fully saturated rings. The summed E-state index contributed by atoms with van der Waals surface area (Å²) in [6.07, 6.45) is 0.858. The zero-order valence-electron chi connectivity index (χ0n) is 13.6. The summed E-state index contributed by atoms with van der Waals surface area (Å²) in [5, 5.41) is 11.4. The van der Waals surface area contributed by atoms with Crippen molar-refractivity contribution < 1.29 is 14.5 Å². The van der Waals surface area contributed by atoms with Crippen LogP contribution < -0.4 is 10.6 Å². The first-order valence-corrected chi connectivity index (χ1v) is 8.09. The van der Waals surface area contributed by atoms with Gasteiger partial charge in [-0.05, 0) is 41.4 Å². The molecule has 10 heteroatoms. The van der Waals surface area contributed by atoms with Gasteiger partial charge in [0.05, 0.1) is 18.1 Å². The number of hydrogen-bond donors (Lipinski definition) is 1. The Kier molecular flexibility index (Phi) is 5.86. The number of pyridine rings is 2. The predicted octanol–water partition coefficient (Wildman–Crippen LogP) is 3.20. The number of aromatic nitrogens is 2. The Labute approximate surface area is 152 Å². The number of anilines is 2. The van der Waals surface area contributed by atoms with Crippen molar-refractivity contribution in [3.8, 4) is 0 Å². The highest BCUT2D eigenvalue weighted by molar-refractivity contribution is 9.10. The second-order valence-electron chi connectivity index (χ2n) is 5.05. The van der Waals surface area contributed by atoms with Crippen molar-refractivity contribution in [2.45, 2.75) is 20.4 Å². The molecule has 2 aromatic rings. The normalized spacial score (nSPS) is 10.4. The third-order valence-electron chi connectivity index (χ3n) is 3.24. The molecular weight excluding hydrogens is 394 g/mol. The summed E-state index contributed by atoms with van der Waals surface area (Å²) in [5.74, 6) is -0.300. The summed E-state index contributed by atoms with van der Waals surface area (Å²) in [7, 11) is 0. The van der Waals surface area contributed by atoms with E-state index in [1.807, 2.05) is 6.92 Å². The second-order valence-corrected chi connectivity index (χ2v) is 5.86. The van der Waals surface area contributed by atoms with Gasteiger partial charge >= 0.3 is 11.8 Å². The number of nitrogens with two attached hydrogens (primary N) is 1. The summed E-state index contributed by atoms with van der Waals surface area (Å²) >= 11 is 3.14. The molecule has 2 N–H and O–H groups in total. The molecule has 0 aromatic carbocycles.